The highest BCUT2D eigenvalue weighted by atomic mass is 16.5. The Kier molecular flexibility index (Phi) is 4.89. The van der Waals surface area contributed by atoms with E-state index in [4.69, 9.17) is 4.74 Å². The molecule has 0 bridgehead atoms. The number of aromatic nitrogens is 2. The molecule has 0 saturated heterocycles. The molecule has 0 aliphatic rings. The average molecular weight is 334 g/mol. The van der Waals surface area contributed by atoms with Gasteiger partial charge in [-0.25, -0.2) is 9.97 Å². The van der Waals surface area contributed by atoms with Crippen LogP contribution in [0.2, 0.25) is 0 Å². The summed E-state index contributed by atoms with van der Waals surface area (Å²) >= 11 is 0. The maximum absolute atomic E-state index is 12.2. The van der Waals surface area contributed by atoms with Crippen LogP contribution in [0.25, 0.3) is 0 Å². The molecule has 1 heterocycles. The Bertz CT molecular complexity index is 861. The smallest absolute Gasteiger partial charge is 0.275 e. The highest BCUT2D eigenvalue weighted by molar-refractivity contribution is 6.02. The zero-order chi connectivity index (χ0) is 17.6. The number of carbonyl (C=O) groups excluding carboxylic acids is 1. The van der Waals surface area contributed by atoms with Crippen LogP contribution in [0.3, 0.4) is 0 Å². The van der Waals surface area contributed by atoms with Crippen molar-refractivity contribution in [3.63, 3.8) is 0 Å². The molecule has 1 amide bonds. The molecule has 2 aromatic carbocycles. The average Bonchev–Trinajstić information content (AvgIpc) is 2.63. The van der Waals surface area contributed by atoms with Crippen LogP contribution in [-0.2, 0) is 0 Å². The van der Waals surface area contributed by atoms with E-state index >= 15 is 0 Å². The van der Waals surface area contributed by atoms with Crippen LogP contribution in [0.4, 0.5) is 17.2 Å². The lowest BCUT2D eigenvalue weighted by Gasteiger charge is -2.08. The first-order chi connectivity index (χ1) is 12.1. The summed E-state index contributed by atoms with van der Waals surface area (Å²) in [6, 6.07) is 15.0. The molecule has 0 radical (unpaired) electrons. The standard InChI is InChI=1S/C19H18N4O2/c1-13-4-3-5-15(10-13)23-19(24)17-11-21-18(12-20-17)22-14-6-8-16(25-2)9-7-14/h3-12H,1-2H3,(H,21,22)(H,23,24). The second-order valence-electron chi connectivity index (χ2n) is 5.46. The normalized spacial score (nSPS) is 10.2. The van der Waals surface area contributed by atoms with Gasteiger partial charge in [-0.1, -0.05) is 12.1 Å². The molecule has 126 valence electrons. The monoisotopic (exact) mass is 334 g/mol. The SMILES string of the molecule is COc1ccc(Nc2cnc(C(=O)Nc3cccc(C)c3)cn2)cc1. The van der Waals surface area contributed by atoms with Crippen LogP contribution < -0.4 is 15.4 Å². The molecule has 0 aliphatic carbocycles. The number of benzene rings is 2. The van der Waals surface area contributed by atoms with E-state index in [9.17, 15) is 4.79 Å². The molecule has 0 saturated carbocycles. The van der Waals surface area contributed by atoms with Gasteiger partial charge in [0.1, 0.15) is 17.3 Å². The summed E-state index contributed by atoms with van der Waals surface area (Å²) in [6.07, 6.45) is 2.96. The molecule has 0 atom stereocenters. The predicted octanol–water partition coefficient (Wildman–Crippen LogP) is 3.79. The Labute approximate surface area is 145 Å². The number of anilines is 3. The van der Waals surface area contributed by atoms with Gasteiger partial charge in [0.2, 0.25) is 0 Å². The van der Waals surface area contributed by atoms with Gasteiger partial charge < -0.3 is 15.4 Å². The maximum atomic E-state index is 12.2. The first-order valence-electron chi connectivity index (χ1n) is 7.75. The third kappa shape index (κ3) is 4.32. The van der Waals surface area contributed by atoms with Gasteiger partial charge in [0, 0.05) is 11.4 Å². The summed E-state index contributed by atoms with van der Waals surface area (Å²) in [4.78, 5) is 20.6. The van der Waals surface area contributed by atoms with Crippen LogP contribution >= 0.6 is 0 Å². The number of carbonyl (C=O) groups is 1. The quantitative estimate of drug-likeness (QED) is 0.742. The molecule has 0 unspecified atom stereocenters. The van der Waals surface area contributed by atoms with Crippen molar-refractivity contribution in [2.24, 2.45) is 0 Å². The van der Waals surface area contributed by atoms with Crippen molar-refractivity contribution in [1.82, 2.24) is 9.97 Å². The van der Waals surface area contributed by atoms with Crippen LogP contribution in [0.5, 0.6) is 5.75 Å². The number of nitrogens with one attached hydrogen (secondary N) is 2. The Morgan fingerprint density at radius 1 is 1.00 bits per heavy atom. The van der Waals surface area contributed by atoms with E-state index in [1.807, 2.05) is 55.5 Å². The lowest BCUT2D eigenvalue weighted by Crippen LogP contribution is -2.14. The number of hydrogen-bond acceptors (Lipinski definition) is 5. The van der Waals surface area contributed by atoms with Crippen molar-refractivity contribution < 1.29 is 9.53 Å². The van der Waals surface area contributed by atoms with Crippen LogP contribution in [0, 0.1) is 6.92 Å². The fourth-order valence-corrected chi connectivity index (χ4v) is 2.25. The predicted molar refractivity (Wildman–Crippen MR) is 97.4 cm³/mol. The van der Waals surface area contributed by atoms with Crippen molar-refractivity contribution in [1.29, 1.82) is 0 Å². The van der Waals surface area contributed by atoms with Gasteiger partial charge in [-0.3, -0.25) is 4.79 Å². The van der Waals surface area contributed by atoms with Crippen LogP contribution in [0.15, 0.2) is 60.9 Å². The minimum absolute atomic E-state index is 0.252. The van der Waals surface area contributed by atoms with E-state index in [1.54, 1.807) is 7.11 Å². The number of rotatable bonds is 5. The summed E-state index contributed by atoms with van der Waals surface area (Å²) in [7, 11) is 1.62. The van der Waals surface area contributed by atoms with E-state index in [1.165, 1.54) is 12.4 Å². The first-order valence-corrected chi connectivity index (χ1v) is 7.75. The summed E-state index contributed by atoms with van der Waals surface area (Å²) in [5, 5.41) is 5.92. The highest BCUT2D eigenvalue weighted by Gasteiger charge is 2.09. The van der Waals surface area contributed by atoms with Gasteiger partial charge in [-0.05, 0) is 48.9 Å². The topological polar surface area (TPSA) is 76.1 Å². The number of ether oxygens (including phenoxy) is 1. The molecular weight excluding hydrogens is 316 g/mol. The zero-order valence-corrected chi connectivity index (χ0v) is 14.0. The molecule has 6 nitrogen and oxygen atoms in total. The lowest BCUT2D eigenvalue weighted by molar-refractivity contribution is 0.102. The fraction of sp³-hybridized carbons (Fsp3) is 0.105. The van der Waals surface area contributed by atoms with Gasteiger partial charge in [0.05, 0.1) is 19.5 Å². The van der Waals surface area contributed by atoms with E-state index in [-0.39, 0.29) is 11.6 Å². The van der Waals surface area contributed by atoms with Gasteiger partial charge in [-0.15, -0.1) is 0 Å². The lowest BCUT2D eigenvalue weighted by atomic mass is 10.2. The number of methoxy groups -OCH3 is 1. The van der Waals surface area contributed by atoms with E-state index < -0.39 is 0 Å². The van der Waals surface area contributed by atoms with Crippen molar-refractivity contribution in [2.45, 2.75) is 6.92 Å². The Hall–Kier alpha value is -3.41. The van der Waals surface area contributed by atoms with Gasteiger partial charge in [0.25, 0.3) is 5.91 Å². The molecule has 0 spiro atoms. The Morgan fingerprint density at radius 3 is 2.44 bits per heavy atom. The Morgan fingerprint density at radius 2 is 1.80 bits per heavy atom. The molecular formula is C19H18N4O2. The van der Waals surface area contributed by atoms with Crippen molar-refractivity contribution in [2.75, 3.05) is 17.7 Å². The maximum Gasteiger partial charge on any atom is 0.275 e. The van der Waals surface area contributed by atoms with Gasteiger partial charge in [0.15, 0.2) is 0 Å². The third-order valence-corrected chi connectivity index (χ3v) is 3.52. The number of amides is 1. The molecule has 1 aromatic heterocycles. The summed E-state index contributed by atoms with van der Waals surface area (Å²) in [6.45, 7) is 1.97. The minimum Gasteiger partial charge on any atom is -0.497 e. The summed E-state index contributed by atoms with van der Waals surface area (Å²) < 4.78 is 5.12. The fourth-order valence-electron chi connectivity index (χ4n) is 2.25. The molecule has 3 aromatic rings. The van der Waals surface area contributed by atoms with E-state index in [0.29, 0.717) is 5.82 Å². The first kappa shape index (κ1) is 16.4. The Balaban J connectivity index is 1.65. The number of aryl methyl sites for hydroxylation is 1. The largest absolute Gasteiger partial charge is 0.497 e. The van der Waals surface area contributed by atoms with E-state index in [0.717, 1.165) is 22.7 Å². The molecule has 3 rings (SSSR count). The third-order valence-electron chi connectivity index (χ3n) is 3.52. The molecule has 6 heteroatoms. The van der Waals surface area contributed by atoms with E-state index in [2.05, 4.69) is 20.6 Å². The molecule has 0 aliphatic heterocycles. The zero-order valence-electron chi connectivity index (χ0n) is 14.0. The van der Waals surface area contributed by atoms with Crippen LogP contribution in [-0.4, -0.2) is 23.0 Å². The van der Waals surface area contributed by atoms with Crippen molar-refractivity contribution >= 4 is 23.1 Å². The van der Waals surface area contributed by atoms with Crippen molar-refractivity contribution in [3.8, 4) is 5.75 Å². The number of nitrogens with zero attached hydrogens (tertiary/aromatic N) is 2. The second-order valence-corrected chi connectivity index (χ2v) is 5.46. The summed E-state index contributed by atoms with van der Waals surface area (Å²) in [5.41, 5.74) is 2.91. The van der Waals surface area contributed by atoms with Gasteiger partial charge in [-0.2, -0.15) is 0 Å². The van der Waals surface area contributed by atoms with Crippen molar-refractivity contribution in [3.05, 3.63) is 72.2 Å². The number of hydrogen-bond donors (Lipinski definition) is 2. The van der Waals surface area contributed by atoms with Gasteiger partial charge >= 0.3 is 0 Å². The van der Waals surface area contributed by atoms with Crippen LogP contribution in [0.1, 0.15) is 16.1 Å². The second kappa shape index (κ2) is 7.44. The molecule has 2 N–H and O–H groups in total. The minimum atomic E-state index is -0.297. The molecule has 25 heavy (non-hydrogen) atoms. The molecule has 0 fully saturated rings. The summed E-state index contributed by atoms with van der Waals surface area (Å²) in [5.74, 6) is 1.03. The highest BCUT2D eigenvalue weighted by Crippen LogP contribution is 2.18.